The first-order chi connectivity index (χ1) is 11.6. The van der Waals surface area contributed by atoms with Crippen LogP contribution in [-0.4, -0.2) is 37.0 Å². The topological polar surface area (TPSA) is 61.4 Å². The first kappa shape index (κ1) is 15.6. The van der Waals surface area contributed by atoms with E-state index in [1.165, 1.54) is 24.1 Å². The molecule has 2 saturated heterocycles. The molecular weight excluding hydrogens is 302 g/mol. The maximum Gasteiger partial charge on any atom is 0.234 e. The molecule has 0 spiro atoms. The highest BCUT2D eigenvalue weighted by Crippen LogP contribution is 2.38. The molecule has 128 valence electrons. The SMILES string of the molecule is C[C@H]1C[C@@H](N2CCc3c([C@H]4CCC(=O)NC4=O)cccc32)CCN1. The predicted octanol–water partition coefficient (Wildman–Crippen LogP) is 1.71. The average molecular weight is 327 g/mol. The molecule has 0 aromatic heterocycles. The smallest absolute Gasteiger partial charge is 0.234 e. The Morgan fingerprint density at radius 1 is 1.17 bits per heavy atom. The second-order valence-corrected chi connectivity index (χ2v) is 7.33. The fraction of sp³-hybridized carbons (Fsp3) is 0.579. The van der Waals surface area contributed by atoms with Gasteiger partial charge in [0.25, 0.3) is 0 Å². The van der Waals surface area contributed by atoms with Gasteiger partial charge in [-0.2, -0.15) is 0 Å². The van der Waals surface area contributed by atoms with Gasteiger partial charge < -0.3 is 10.2 Å². The van der Waals surface area contributed by atoms with Gasteiger partial charge in [0.1, 0.15) is 0 Å². The zero-order valence-electron chi connectivity index (χ0n) is 14.2. The van der Waals surface area contributed by atoms with E-state index in [4.69, 9.17) is 0 Å². The lowest BCUT2D eigenvalue weighted by atomic mass is 9.86. The lowest BCUT2D eigenvalue weighted by molar-refractivity contribution is -0.134. The van der Waals surface area contributed by atoms with Crippen LogP contribution < -0.4 is 15.5 Å². The zero-order valence-corrected chi connectivity index (χ0v) is 14.2. The van der Waals surface area contributed by atoms with Crippen molar-refractivity contribution in [1.82, 2.24) is 10.6 Å². The van der Waals surface area contributed by atoms with Crippen molar-refractivity contribution in [3.63, 3.8) is 0 Å². The summed E-state index contributed by atoms with van der Waals surface area (Å²) >= 11 is 0. The molecule has 0 radical (unpaired) electrons. The lowest BCUT2D eigenvalue weighted by Crippen LogP contribution is -2.46. The Morgan fingerprint density at radius 3 is 2.83 bits per heavy atom. The third-order valence-electron chi connectivity index (χ3n) is 5.75. The zero-order chi connectivity index (χ0) is 16.7. The second kappa shape index (κ2) is 6.20. The van der Waals surface area contributed by atoms with Crippen LogP contribution >= 0.6 is 0 Å². The van der Waals surface area contributed by atoms with Gasteiger partial charge in [-0.05, 0) is 56.3 Å². The normalized spacial score (nSPS) is 30.2. The molecule has 0 unspecified atom stereocenters. The van der Waals surface area contributed by atoms with Crippen LogP contribution in [0.15, 0.2) is 18.2 Å². The maximum absolute atomic E-state index is 12.3. The van der Waals surface area contributed by atoms with Crippen molar-refractivity contribution < 1.29 is 9.59 Å². The van der Waals surface area contributed by atoms with Gasteiger partial charge in [-0.25, -0.2) is 0 Å². The molecule has 5 nitrogen and oxygen atoms in total. The van der Waals surface area contributed by atoms with Crippen molar-refractivity contribution >= 4 is 17.5 Å². The summed E-state index contributed by atoms with van der Waals surface area (Å²) in [6.07, 6.45) is 4.41. The Kier molecular flexibility index (Phi) is 4.04. The van der Waals surface area contributed by atoms with Crippen LogP contribution in [0.25, 0.3) is 0 Å². The summed E-state index contributed by atoms with van der Waals surface area (Å²) in [4.78, 5) is 26.2. The van der Waals surface area contributed by atoms with Crippen LogP contribution in [0.3, 0.4) is 0 Å². The van der Waals surface area contributed by atoms with Crippen molar-refractivity contribution in [3.8, 4) is 0 Å². The van der Waals surface area contributed by atoms with Crippen molar-refractivity contribution in [1.29, 1.82) is 0 Å². The first-order valence-corrected chi connectivity index (χ1v) is 9.09. The fourth-order valence-corrected chi connectivity index (χ4v) is 4.57. The Labute approximate surface area is 142 Å². The van der Waals surface area contributed by atoms with E-state index in [0.29, 0.717) is 24.9 Å². The van der Waals surface area contributed by atoms with E-state index in [9.17, 15) is 9.59 Å². The number of carbonyl (C=O) groups excluding carboxylic acids is 2. The minimum atomic E-state index is -0.176. The summed E-state index contributed by atoms with van der Waals surface area (Å²) in [6.45, 7) is 4.37. The molecule has 5 heteroatoms. The van der Waals surface area contributed by atoms with Crippen molar-refractivity contribution in [2.24, 2.45) is 0 Å². The van der Waals surface area contributed by atoms with Gasteiger partial charge in [0.15, 0.2) is 0 Å². The van der Waals surface area contributed by atoms with Crippen LogP contribution in [0.5, 0.6) is 0 Å². The Hall–Kier alpha value is -1.88. The van der Waals surface area contributed by atoms with E-state index in [0.717, 1.165) is 25.1 Å². The summed E-state index contributed by atoms with van der Waals surface area (Å²) in [7, 11) is 0. The number of nitrogens with one attached hydrogen (secondary N) is 2. The van der Waals surface area contributed by atoms with Gasteiger partial charge in [-0.3, -0.25) is 14.9 Å². The summed E-state index contributed by atoms with van der Waals surface area (Å²) in [5, 5.41) is 6.02. The van der Waals surface area contributed by atoms with Gasteiger partial charge in [0.05, 0.1) is 5.92 Å². The molecule has 3 atom stereocenters. The summed E-state index contributed by atoms with van der Waals surface area (Å²) < 4.78 is 0. The van der Waals surface area contributed by atoms with Gasteiger partial charge in [0.2, 0.25) is 11.8 Å². The largest absolute Gasteiger partial charge is 0.368 e. The van der Waals surface area contributed by atoms with Crippen LogP contribution in [0.4, 0.5) is 5.69 Å². The number of amides is 2. The molecule has 2 fully saturated rings. The Bertz CT molecular complexity index is 673. The number of imide groups is 1. The number of fused-ring (bicyclic) bond motifs is 1. The molecular formula is C19H25N3O2. The van der Waals surface area contributed by atoms with Crippen LogP contribution in [0.2, 0.25) is 0 Å². The number of rotatable bonds is 2. The minimum absolute atomic E-state index is 0.131. The molecule has 1 aromatic rings. The van der Waals surface area contributed by atoms with Crippen LogP contribution in [0.1, 0.15) is 49.7 Å². The molecule has 3 aliphatic rings. The number of nitrogens with zero attached hydrogens (tertiary/aromatic N) is 1. The minimum Gasteiger partial charge on any atom is -0.368 e. The van der Waals surface area contributed by atoms with Crippen LogP contribution in [-0.2, 0) is 16.0 Å². The van der Waals surface area contributed by atoms with E-state index < -0.39 is 0 Å². The van der Waals surface area contributed by atoms with Crippen molar-refractivity contribution in [2.45, 2.75) is 57.0 Å². The number of hydrogen-bond acceptors (Lipinski definition) is 4. The highest BCUT2D eigenvalue weighted by molar-refractivity contribution is 6.01. The standard InChI is InChI=1S/C19H25N3O2/c1-12-11-13(7-9-20-12)22-10-8-15-14(3-2-4-17(15)22)16-5-6-18(23)21-19(16)24/h2-4,12-13,16,20H,5-11H2,1H3,(H,21,23,24)/t12-,13-,16+/m0/s1. The predicted molar refractivity (Wildman–Crippen MR) is 93.1 cm³/mol. The van der Waals surface area contributed by atoms with E-state index in [-0.39, 0.29) is 17.7 Å². The van der Waals surface area contributed by atoms with Gasteiger partial charge in [-0.1, -0.05) is 12.1 Å². The summed E-state index contributed by atoms with van der Waals surface area (Å²) in [5.41, 5.74) is 3.75. The van der Waals surface area contributed by atoms with Gasteiger partial charge in [0, 0.05) is 30.7 Å². The average Bonchev–Trinajstić information content (AvgIpc) is 2.99. The molecule has 1 aromatic carbocycles. The molecule has 0 saturated carbocycles. The molecule has 2 N–H and O–H groups in total. The first-order valence-electron chi connectivity index (χ1n) is 9.09. The molecule has 0 bridgehead atoms. The molecule has 24 heavy (non-hydrogen) atoms. The highest BCUT2D eigenvalue weighted by Gasteiger charge is 2.34. The quantitative estimate of drug-likeness (QED) is 0.812. The van der Waals surface area contributed by atoms with E-state index in [1.807, 2.05) is 0 Å². The van der Waals surface area contributed by atoms with E-state index in [2.05, 4.69) is 40.7 Å². The van der Waals surface area contributed by atoms with Crippen LogP contribution in [0, 0.1) is 0 Å². The van der Waals surface area contributed by atoms with E-state index >= 15 is 0 Å². The monoisotopic (exact) mass is 327 g/mol. The third kappa shape index (κ3) is 2.71. The van der Waals surface area contributed by atoms with Crippen molar-refractivity contribution in [3.05, 3.63) is 29.3 Å². The molecule has 2 amide bonds. The number of benzene rings is 1. The Balaban J connectivity index is 1.62. The lowest BCUT2D eigenvalue weighted by Gasteiger charge is -2.36. The van der Waals surface area contributed by atoms with E-state index in [1.54, 1.807) is 0 Å². The summed E-state index contributed by atoms with van der Waals surface area (Å²) in [5.74, 6) is -0.452. The number of hydrogen-bond donors (Lipinski definition) is 2. The Morgan fingerprint density at radius 2 is 2.04 bits per heavy atom. The highest BCUT2D eigenvalue weighted by atomic mass is 16.2. The molecule has 0 aliphatic carbocycles. The molecule has 3 aliphatic heterocycles. The number of piperidine rings is 2. The van der Waals surface area contributed by atoms with Crippen molar-refractivity contribution in [2.75, 3.05) is 18.0 Å². The third-order valence-corrected chi connectivity index (χ3v) is 5.75. The fourth-order valence-electron chi connectivity index (χ4n) is 4.57. The second-order valence-electron chi connectivity index (χ2n) is 7.33. The molecule has 3 heterocycles. The number of anilines is 1. The molecule has 4 rings (SSSR count). The van der Waals surface area contributed by atoms with Gasteiger partial charge in [-0.15, -0.1) is 0 Å². The maximum atomic E-state index is 12.3. The van der Waals surface area contributed by atoms with Gasteiger partial charge >= 0.3 is 0 Å². The number of carbonyl (C=O) groups is 2. The summed E-state index contributed by atoms with van der Waals surface area (Å²) in [6, 6.07) is 7.49.